The maximum atomic E-state index is 11.4. The van der Waals surface area contributed by atoms with Crippen LogP contribution in [0.15, 0.2) is 42.5 Å². The molecule has 17 heavy (non-hydrogen) atoms. The van der Waals surface area contributed by atoms with Crippen LogP contribution in [0.3, 0.4) is 0 Å². The van der Waals surface area contributed by atoms with Gasteiger partial charge in [0.25, 0.3) is 0 Å². The van der Waals surface area contributed by atoms with E-state index < -0.39 is 0 Å². The average molecular weight is 228 g/mol. The zero-order valence-electron chi connectivity index (χ0n) is 9.93. The predicted octanol–water partition coefficient (Wildman–Crippen LogP) is 3.24. The maximum Gasteiger partial charge on any atom is 0.158 e. The second-order valence-corrected chi connectivity index (χ2v) is 4.17. The largest absolute Gasteiger partial charge is 0.497 e. The predicted molar refractivity (Wildman–Crippen MR) is 68.9 cm³/mol. The molecule has 1 aliphatic rings. The third kappa shape index (κ3) is 3.59. The van der Waals surface area contributed by atoms with Gasteiger partial charge in [-0.15, -0.1) is 0 Å². The quantitative estimate of drug-likeness (QED) is 0.571. The first-order valence-corrected chi connectivity index (χ1v) is 5.82. The lowest BCUT2D eigenvalue weighted by atomic mass is 10.2. The minimum atomic E-state index is 0.254. The molecule has 0 spiro atoms. The fraction of sp³-hybridized carbons (Fsp3) is 0.267. The van der Waals surface area contributed by atoms with E-state index in [0.29, 0.717) is 5.92 Å². The maximum absolute atomic E-state index is 11.4. The normalized spacial score (nSPS) is 15.6. The van der Waals surface area contributed by atoms with Crippen molar-refractivity contribution in [2.45, 2.75) is 12.8 Å². The highest BCUT2D eigenvalue weighted by Crippen LogP contribution is 2.30. The van der Waals surface area contributed by atoms with Gasteiger partial charge >= 0.3 is 0 Å². The molecule has 1 saturated carbocycles. The van der Waals surface area contributed by atoms with Crippen LogP contribution in [-0.4, -0.2) is 12.9 Å². The zero-order chi connectivity index (χ0) is 12.1. The van der Waals surface area contributed by atoms with E-state index in [-0.39, 0.29) is 5.78 Å². The van der Waals surface area contributed by atoms with Gasteiger partial charge in [-0.1, -0.05) is 30.4 Å². The Labute approximate surface area is 102 Å². The third-order valence-corrected chi connectivity index (χ3v) is 2.76. The Hall–Kier alpha value is -1.83. The van der Waals surface area contributed by atoms with Gasteiger partial charge in [-0.3, -0.25) is 4.79 Å². The number of allylic oxidation sites excluding steroid dienone is 3. The molecule has 0 radical (unpaired) electrons. The number of methoxy groups -OCH3 is 1. The minimum absolute atomic E-state index is 0.254. The van der Waals surface area contributed by atoms with Crippen LogP contribution in [0.2, 0.25) is 0 Å². The van der Waals surface area contributed by atoms with Crippen LogP contribution in [0.1, 0.15) is 18.4 Å². The summed E-state index contributed by atoms with van der Waals surface area (Å²) in [7, 11) is 1.65. The molecule has 1 aromatic carbocycles. The lowest BCUT2D eigenvalue weighted by Gasteiger charge is -1.98. The molecule has 0 unspecified atom stereocenters. The van der Waals surface area contributed by atoms with Crippen molar-refractivity contribution in [1.29, 1.82) is 0 Å². The van der Waals surface area contributed by atoms with Crippen LogP contribution in [0.4, 0.5) is 0 Å². The summed E-state index contributed by atoms with van der Waals surface area (Å²) in [4.78, 5) is 11.4. The van der Waals surface area contributed by atoms with E-state index in [9.17, 15) is 4.79 Å². The second kappa shape index (κ2) is 5.48. The Morgan fingerprint density at radius 1 is 1.24 bits per heavy atom. The van der Waals surface area contributed by atoms with Crippen molar-refractivity contribution >= 4 is 11.9 Å². The molecule has 0 aromatic heterocycles. The molecule has 88 valence electrons. The average Bonchev–Trinajstić information content (AvgIpc) is 3.19. The number of rotatable bonds is 5. The molecule has 0 atom stereocenters. The van der Waals surface area contributed by atoms with Gasteiger partial charge in [-0.25, -0.2) is 0 Å². The van der Waals surface area contributed by atoms with Crippen LogP contribution < -0.4 is 4.74 Å². The van der Waals surface area contributed by atoms with Crippen molar-refractivity contribution < 1.29 is 9.53 Å². The van der Waals surface area contributed by atoms with Crippen LogP contribution in [0, 0.1) is 5.92 Å². The molecule has 0 N–H and O–H groups in total. The smallest absolute Gasteiger partial charge is 0.158 e. The molecule has 0 bridgehead atoms. The van der Waals surface area contributed by atoms with Crippen molar-refractivity contribution in [3.63, 3.8) is 0 Å². The summed E-state index contributed by atoms with van der Waals surface area (Å²) >= 11 is 0. The Morgan fingerprint density at radius 3 is 2.53 bits per heavy atom. The summed E-state index contributed by atoms with van der Waals surface area (Å²) in [6.45, 7) is 0. The Bertz CT molecular complexity index is 436. The number of ether oxygens (including phenoxy) is 1. The molecular formula is C15H16O2. The standard InChI is InChI=1S/C15H16O2/c1-17-14-10-6-12(7-11-14)4-2-3-5-15(16)13-8-9-13/h2-7,10-11,13H,8-9H2,1H3. The summed E-state index contributed by atoms with van der Waals surface area (Å²) in [6.07, 6.45) is 9.46. The van der Waals surface area contributed by atoms with Crippen molar-refractivity contribution in [1.82, 2.24) is 0 Å². The van der Waals surface area contributed by atoms with Crippen molar-refractivity contribution in [2.24, 2.45) is 5.92 Å². The van der Waals surface area contributed by atoms with Crippen LogP contribution in [0.5, 0.6) is 5.75 Å². The van der Waals surface area contributed by atoms with Gasteiger partial charge in [0.15, 0.2) is 5.78 Å². The molecule has 2 heteroatoms. The van der Waals surface area contributed by atoms with E-state index in [1.54, 1.807) is 13.2 Å². The number of carbonyl (C=O) groups is 1. The van der Waals surface area contributed by atoms with Crippen LogP contribution >= 0.6 is 0 Å². The van der Waals surface area contributed by atoms with E-state index in [1.165, 1.54) is 0 Å². The van der Waals surface area contributed by atoms with E-state index in [4.69, 9.17) is 4.74 Å². The summed E-state index contributed by atoms with van der Waals surface area (Å²) in [5, 5.41) is 0. The number of hydrogen-bond donors (Lipinski definition) is 0. The summed E-state index contributed by atoms with van der Waals surface area (Å²) in [6, 6.07) is 7.79. The Balaban J connectivity index is 1.88. The van der Waals surface area contributed by atoms with Gasteiger partial charge in [-0.2, -0.15) is 0 Å². The van der Waals surface area contributed by atoms with Gasteiger partial charge < -0.3 is 4.74 Å². The van der Waals surface area contributed by atoms with Crippen molar-refractivity contribution in [3.05, 3.63) is 48.1 Å². The molecule has 0 aliphatic heterocycles. The van der Waals surface area contributed by atoms with Crippen LogP contribution in [0.25, 0.3) is 6.08 Å². The number of carbonyl (C=O) groups excluding carboxylic acids is 1. The lowest BCUT2D eigenvalue weighted by Crippen LogP contribution is -1.92. The highest BCUT2D eigenvalue weighted by atomic mass is 16.5. The molecule has 1 fully saturated rings. The molecular weight excluding hydrogens is 212 g/mol. The Kier molecular flexibility index (Phi) is 3.76. The summed E-state index contributed by atoms with van der Waals surface area (Å²) in [5.74, 6) is 1.41. The van der Waals surface area contributed by atoms with E-state index in [1.807, 2.05) is 42.5 Å². The second-order valence-electron chi connectivity index (χ2n) is 4.17. The zero-order valence-corrected chi connectivity index (χ0v) is 9.93. The molecule has 2 rings (SSSR count). The first-order valence-electron chi connectivity index (χ1n) is 5.82. The van der Waals surface area contributed by atoms with Gasteiger partial charge in [0.05, 0.1) is 7.11 Å². The summed E-state index contributed by atoms with van der Waals surface area (Å²) < 4.78 is 5.08. The molecule has 1 aromatic rings. The van der Waals surface area contributed by atoms with Gasteiger partial charge in [0.1, 0.15) is 5.75 Å². The van der Waals surface area contributed by atoms with E-state index in [0.717, 1.165) is 24.2 Å². The Morgan fingerprint density at radius 2 is 1.94 bits per heavy atom. The summed E-state index contributed by atoms with van der Waals surface area (Å²) in [5.41, 5.74) is 1.09. The molecule has 1 aliphatic carbocycles. The topological polar surface area (TPSA) is 26.3 Å². The van der Waals surface area contributed by atoms with Crippen LogP contribution in [-0.2, 0) is 4.79 Å². The van der Waals surface area contributed by atoms with E-state index in [2.05, 4.69) is 0 Å². The fourth-order valence-corrected chi connectivity index (χ4v) is 1.54. The number of ketones is 1. The number of benzene rings is 1. The lowest BCUT2D eigenvalue weighted by molar-refractivity contribution is -0.115. The van der Waals surface area contributed by atoms with Crippen molar-refractivity contribution in [2.75, 3.05) is 7.11 Å². The highest BCUT2D eigenvalue weighted by molar-refractivity contribution is 5.93. The van der Waals surface area contributed by atoms with Gasteiger partial charge in [0.2, 0.25) is 0 Å². The van der Waals surface area contributed by atoms with Gasteiger partial charge in [0, 0.05) is 5.92 Å². The molecule has 0 heterocycles. The SMILES string of the molecule is COc1ccc(C=CC=CC(=O)C2CC2)cc1. The number of hydrogen-bond acceptors (Lipinski definition) is 2. The van der Waals surface area contributed by atoms with Crippen molar-refractivity contribution in [3.8, 4) is 5.75 Å². The highest BCUT2D eigenvalue weighted by Gasteiger charge is 2.27. The molecule has 0 saturated heterocycles. The monoisotopic (exact) mass is 228 g/mol. The first kappa shape index (κ1) is 11.6. The minimum Gasteiger partial charge on any atom is -0.497 e. The van der Waals surface area contributed by atoms with E-state index >= 15 is 0 Å². The van der Waals surface area contributed by atoms with Gasteiger partial charge in [-0.05, 0) is 36.6 Å². The third-order valence-electron chi connectivity index (χ3n) is 2.76. The fourth-order valence-electron chi connectivity index (χ4n) is 1.54. The molecule has 0 amide bonds. The first-order chi connectivity index (χ1) is 8.29. The molecule has 2 nitrogen and oxygen atoms in total.